The maximum absolute atomic E-state index is 13.9. The Kier molecular flexibility index (Phi) is 51.8. The maximum atomic E-state index is 13.9. The summed E-state index contributed by atoms with van der Waals surface area (Å²) in [5, 5.41) is 35.9. The Labute approximate surface area is 853 Å². The van der Waals surface area contributed by atoms with Crippen molar-refractivity contribution in [2.24, 2.45) is 0 Å². The molecular formula is C86H130N13O40S8+. The first-order valence-electron chi connectivity index (χ1n) is 47.2. The molecule has 61 heteroatoms. The van der Waals surface area contributed by atoms with Gasteiger partial charge >= 0.3 is 0 Å². The predicted molar refractivity (Wildman–Crippen MR) is 526 cm³/mol. The predicted octanol–water partition coefficient (Wildman–Crippen LogP) is 5.12. The van der Waals surface area contributed by atoms with Gasteiger partial charge in [-0.25, -0.2) is 0 Å². The number of rotatable bonds is 80. The number of carbonyl (C=O) groups excluding carboxylic acids is 4. The first-order chi connectivity index (χ1) is 69.5. The molecule has 13 N–H and O–H groups in total. The topological polar surface area (TPSA) is 756 Å². The monoisotopic (exact) mass is 2240 g/mol. The molecule has 147 heavy (non-hydrogen) atoms. The van der Waals surface area contributed by atoms with Gasteiger partial charge in [-0.05, 0) is 177 Å². The molecule has 7 rings (SSSR count). The van der Waals surface area contributed by atoms with E-state index in [2.05, 4.69) is 52.2 Å². The van der Waals surface area contributed by atoms with Gasteiger partial charge < -0.3 is 78.1 Å². The van der Waals surface area contributed by atoms with E-state index in [0.29, 0.717) is 127 Å². The normalized spacial score (nSPS) is 12.1. The van der Waals surface area contributed by atoms with Crippen molar-refractivity contribution in [1.82, 2.24) is 61.6 Å². The molecule has 4 amide bonds. The third-order valence-electron chi connectivity index (χ3n) is 20.4. The molecule has 0 radical (unpaired) electrons. The fraction of sp³-hybridized carbons (Fsp3) is 0.605. The second-order valence-corrected chi connectivity index (χ2v) is 45.9. The number of ether oxygens (including phenoxy) is 12. The lowest BCUT2D eigenvalue weighted by molar-refractivity contribution is -0.753. The first-order valence-corrected chi connectivity index (χ1v) is 60.1. The van der Waals surface area contributed by atoms with Gasteiger partial charge in [0.15, 0.2) is 52.2 Å². The van der Waals surface area contributed by atoms with Crippen LogP contribution in [0.15, 0.2) is 67.1 Å². The summed E-state index contributed by atoms with van der Waals surface area (Å²) in [5.41, 5.74) is 2.09. The highest BCUT2D eigenvalue weighted by Crippen LogP contribution is 2.44. The standard InChI is InChI=1S/C86H129N13O40S8/c1-3-5-33-136-79-73(130-37-15-45-140(104,105)106)55-65(56-74(79)131-38-16-46-141(107,108)109)84(101)88-27-12-30-97-61-68(91-94-97)23-6-9-34-128-71-53-64(83(100)87-26-4-2)54-72(129-35-10-7-24-69-62-98(95-92-69)31-13-28-89-85(102)66-57-75(132-39-17-47-142(110,111)112)81(138-43-21-51-146(122,123)124)76(58-66)133-40-18-48-143(113,114)115)80(71)137-36-11-8-25-70-63-99(96-93-70)32-14-29-90-86(103)67-59-77(134-41-19-49-144(116,117)118)82(139-44-22-52-147(125,126)127)78(60-67)135-42-20-50-145(119,120)121/h53-63H,3-52H2,1-2H3,(H12,87,88,89,90,100,101,102,103,104,105,106,107,108,109,110,111,112,113,114,115,116,117,118,119,120,121,122,123,124,125,126,127)/p+1. The van der Waals surface area contributed by atoms with Crippen molar-refractivity contribution in [2.45, 2.75) is 181 Å². The zero-order valence-electron chi connectivity index (χ0n) is 81.2. The first kappa shape index (κ1) is 123. The van der Waals surface area contributed by atoms with Gasteiger partial charge in [0.2, 0.25) is 28.7 Å². The van der Waals surface area contributed by atoms with Gasteiger partial charge in [-0.2, -0.15) is 72.0 Å². The summed E-state index contributed by atoms with van der Waals surface area (Å²) in [6.07, 6.45) is 11.2. The lowest BCUT2D eigenvalue weighted by Crippen LogP contribution is -2.37. The number of unbranched alkanes of at least 4 members (excludes halogenated alkanes) is 4. The second kappa shape index (κ2) is 61.9. The molecule has 0 aliphatic carbocycles. The average Bonchev–Trinajstić information content (AvgIpc) is 1.10. The van der Waals surface area contributed by atoms with E-state index in [4.69, 9.17) is 56.8 Å². The number of aromatic amines is 1. The summed E-state index contributed by atoms with van der Waals surface area (Å²) in [4.78, 5) is 55.1. The lowest BCUT2D eigenvalue weighted by Gasteiger charge is -2.19. The van der Waals surface area contributed by atoms with Gasteiger partial charge in [0.1, 0.15) is 6.54 Å². The van der Waals surface area contributed by atoms with Crippen molar-refractivity contribution >= 4 is 105 Å². The average molecular weight is 2240 g/mol. The molecule has 7 aromatic rings. The van der Waals surface area contributed by atoms with E-state index in [9.17, 15) is 123 Å². The molecule has 0 spiro atoms. The minimum Gasteiger partial charge on any atom is -0.490 e. The molecular weight excluding hydrogens is 2110 g/mol. The van der Waals surface area contributed by atoms with Crippen LogP contribution >= 0.6 is 0 Å². The molecule has 53 nitrogen and oxygen atoms in total. The number of aryl methyl sites for hydroxylation is 6. The SMILES string of the molecule is CCCCOc1c(OCCCS(=O)(=O)O)cc(C(=O)NCCCn2cc(CCCCOc3cc(C(=O)NCCC)cc(OCCCCc4cn(CCCNC(=O)c5cc(OCCCS(=O)(=O)O)c(OCCCS(=O)(=O)O)c(OCCCS(=O)(=O)O)c5)nn4)c3OCCCCc3c[n+](CCCNC(=O)c4cc(OCCCS(=O)(=O)O)c(OCCCS(=O)(=O)O)c(OCCCS(=O)(=O)O)c4)[nH]n3)nn2)cc1OCCCS(=O)(=O)O. The Hall–Kier alpha value is -10.9. The van der Waals surface area contributed by atoms with Crippen LogP contribution < -0.4 is 82.8 Å². The Morgan fingerprint density at radius 2 is 0.524 bits per heavy atom. The van der Waals surface area contributed by atoms with Crippen LogP contribution in [-0.4, -0.2) is 319 Å². The number of hydrogen-bond donors (Lipinski definition) is 13. The van der Waals surface area contributed by atoms with Crippen molar-refractivity contribution in [1.29, 1.82) is 0 Å². The molecule has 0 aliphatic heterocycles. The molecule has 0 atom stereocenters. The van der Waals surface area contributed by atoms with Gasteiger partial charge in [0, 0.05) is 91.9 Å². The molecule has 0 bridgehead atoms. The van der Waals surface area contributed by atoms with Gasteiger partial charge in [-0.15, -0.1) is 10.2 Å². The van der Waals surface area contributed by atoms with Crippen LogP contribution in [0.1, 0.15) is 201 Å². The van der Waals surface area contributed by atoms with Crippen LogP contribution in [0.4, 0.5) is 0 Å². The minimum absolute atomic E-state index is 0.0198. The number of amides is 4. The summed E-state index contributed by atoms with van der Waals surface area (Å²) in [6.45, 7) is 3.52. The quantitative estimate of drug-likeness (QED) is 0.0134. The van der Waals surface area contributed by atoms with Crippen LogP contribution in [-0.2, 0) is 120 Å². The smallest absolute Gasteiger partial charge is 0.264 e. The van der Waals surface area contributed by atoms with Crippen LogP contribution in [0.25, 0.3) is 0 Å². The van der Waals surface area contributed by atoms with E-state index >= 15 is 0 Å². The molecule has 3 heterocycles. The van der Waals surface area contributed by atoms with E-state index in [1.54, 1.807) is 44.8 Å². The van der Waals surface area contributed by atoms with Crippen LogP contribution in [0.2, 0.25) is 0 Å². The Morgan fingerprint density at radius 1 is 0.293 bits per heavy atom. The molecule has 0 fully saturated rings. The highest BCUT2D eigenvalue weighted by Gasteiger charge is 2.28. The zero-order valence-corrected chi connectivity index (χ0v) is 87.7. The molecule has 826 valence electrons. The molecule has 0 unspecified atom stereocenters. The number of nitrogens with zero attached hydrogens (tertiary/aromatic N) is 8. The number of benzene rings is 4. The fourth-order valence-electron chi connectivity index (χ4n) is 13.4. The van der Waals surface area contributed by atoms with Crippen LogP contribution in [0.3, 0.4) is 0 Å². The summed E-state index contributed by atoms with van der Waals surface area (Å²) in [5.74, 6) is -8.07. The van der Waals surface area contributed by atoms with Crippen LogP contribution in [0, 0.1) is 0 Å². The summed E-state index contributed by atoms with van der Waals surface area (Å²) >= 11 is 0. The van der Waals surface area contributed by atoms with Crippen molar-refractivity contribution in [3.8, 4) is 69.0 Å². The minimum atomic E-state index is -4.41. The van der Waals surface area contributed by atoms with Crippen molar-refractivity contribution in [2.75, 3.05) is 151 Å². The summed E-state index contributed by atoms with van der Waals surface area (Å²) in [7, 11) is -35.1. The molecule has 0 saturated heterocycles. The largest absolute Gasteiger partial charge is 0.490 e. The van der Waals surface area contributed by atoms with Crippen molar-refractivity contribution in [3.05, 3.63) is 106 Å². The summed E-state index contributed by atoms with van der Waals surface area (Å²) < 4.78 is 335. The molecule has 0 aliphatic rings. The number of hydrogen-bond acceptors (Lipinski definition) is 37. The highest BCUT2D eigenvalue weighted by molar-refractivity contribution is 7.87. The van der Waals surface area contributed by atoms with Gasteiger partial charge in [-0.3, -0.25) is 65.0 Å². The van der Waals surface area contributed by atoms with Crippen molar-refractivity contribution in [3.63, 3.8) is 0 Å². The Bertz CT molecular complexity index is 6150. The molecule has 4 aromatic carbocycles. The van der Waals surface area contributed by atoms with Crippen LogP contribution in [0.5, 0.6) is 69.0 Å². The molecule has 0 saturated carbocycles. The zero-order chi connectivity index (χ0) is 108. The van der Waals surface area contributed by atoms with E-state index in [-0.39, 0.29) is 248 Å². The Balaban J connectivity index is 1.01. The third kappa shape index (κ3) is 52.2. The second-order valence-electron chi connectivity index (χ2n) is 33.3. The maximum Gasteiger partial charge on any atom is 0.264 e. The van der Waals surface area contributed by atoms with Gasteiger partial charge in [-0.1, -0.05) is 35.9 Å². The Morgan fingerprint density at radius 3 is 0.782 bits per heavy atom. The van der Waals surface area contributed by atoms with Gasteiger partial charge in [0.05, 0.1) is 137 Å². The van der Waals surface area contributed by atoms with Crippen molar-refractivity contribution < 1.29 is 184 Å². The van der Waals surface area contributed by atoms with Gasteiger partial charge in [0.25, 0.3) is 105 Å². The number of nitrogens with one attached hydrogen (secondary N) is 5. The summed E-state index contributed by atoms with van der Waals surface area (Å²) in [6, 6.07) is 10.9. The lowest BCUT2D eigenvalue weighted by atomic mass is 10.1. The van der Waals surface area contributed by atoms with E-state index in [1.807, 2.05) is 13.8 Å². The van der Waals surface area contributed by atoms with E-state index < -0.39 is 151 Å². The number of H-pyrrole nitrogens is 1. The van der Waals surface area contributed by atoms with E-state index in [1.165, 1.54) is 36.4 Å². The fourth-order valence-corrected chi connectivity index (χ4v) is 17.3. The third-order valence-corrected chi connectivity index (χ3v) is 26.9. The highest BCUT2D eigenvalue weighted by atomic mass is 32.2. The van der Waals surface area contributed by atoms with E-state index in [0.717, 1.165) is 6.42 Å². The molecule has 3 aromatic heterocycles. The number of aromatic nitrogens is 9. The number of carbonyl (C=O) groups is 4.